The van der Waals surface area contributed by atoms with Gasteiger partial charge in [0.05, 0.1) is 11.4 Å². The van der Waals surface area contributed by atoms with Crippen LogP contribution >= 0.6 is 11.8 Å². The van der Waals surface area contributed by atoms with Crippen LogP contribution in [-0.2, 0) is 4.79 Å². The first-order chi connectivity index (χ1) is 11.5. The van der Waals surface area contributed by atoms with Gasteiger partial charge in [0, 0.05) is 6.08 Å². The van der Waals surface area contributed by atoms with Gasteiger partial charge in [-0.2, -0.15) is 0 Å². The Bertz CT molecular complexity index is 792. The minimum absolute atomic E-state index is 0.215. The maximum atomic E-state index is 12.3. The van der Waals surface area contributed by atoms with Crippen LogP contribution in [0.3, 0.4) is 0 Å². The van der Waals surface area contributed by atoms with Gasteiger partial charge in [0.1, 0.15) is 23.9 Å². The topological polar surface area (TPSA) is 59.8 Å². The van der Waals surface area contributed by atoms with Crippen molar-refractivity contribution >= 4 is 29.0 Å². The van der Waals surface area contributed by atoms with Gasteiger partial charge < -0.3 is 9.15 Å². The molecule has 1 aliphatic rings. The molecule has 3 rings (SSSR count). The number of hydrogen-bond acceptors (Lipinski definition) is 5. The summed E-state index contributed by atoms with van der Waals surface area (Å²) in [5.41, 5.74) is 1.14. The summed E-state index contributed by atoms with van der Waals surface area (Å²) < 4.78 is 11.0. The van der Waals surface area contributed by atoms with E-state index >= 15 is 0 Å². The molecule has 0 unspecified atom stereocenters. The molecule has 1 aliphatic heterocycles. The van der Waals surface area contributed by atoms with Crippen LogP contribution in [0.1, 0.15) is 17.1 Å². The van der Waals surface area contributed by atoms with Crippen LogP contribution in [0.4, 0.5) is 4.79 Å². The van der Waals surface area contributed by atoms with Crippen LogP contribution < -0.4 is 4.74 Å². The molecule has 0 atom stereocenters. The molecule has 0 radical (unpaired) electrons. The maximum absolute atomic E-state index is 12.3. The Kier molecular flexibility index (Phi) is 4.76. The lowest BCUT2D eigenvalue weighted by Gasteiger charge is -2.13. The third-order valence-electron chi connectivity index (χ3n) is 3.51. The van der Waals surface area contributed by atoms with Gasteiger partial charge in [-0.1, -0.05) is 17.7 Å². The molecule has 2 heterocycles. The molecular formula is C18H17NO4S. The molecule has 0 bridgehead atoms. The van der Waals surface area contributed by atoms with Gasteiger partial charge in [-0.05, 0) is 49.9 Å². The summed E-state index contributed by atoms with van der Waals surface area (Å²) in [4.78, 5) is 25.9. The summed E-state index contributed by atoms with van der Waals surface area (Å²) in [5, 5.41) is -0.290. The van der Waals surface area contributed by atoms with Crippen LogP contribution in [0.15, 0.2) is 45.7 Å². The van der Waals surface area contributed by atoms with Gasteiger partial charge in [-0.3, -0.25) is 14.5 Å². The van der Waals surface area contributed by atoms with E-state index in [0.717, 1.165) is 23.1 Å². The fourth-order valence-corrected chi connectivity index (χ4v) is 3.09. The number of rotatable bonds is 5. The molecule has 0 N–H and O–H groups in total. The number of furan rings is 1. The molecule has 1 aromatic heterocycles. The number of imide groups is 1. The van der Waals surface area contributed by atoms with Gasteiger partial charge in [0.2, 0.25) is 0 Å². The van der Waals surface area contributed by atoms with Crippen molar-refractivity contribution in [2.75, 3.05) is 13.2 Å². The molecule has 24 heavy (non-hydrogen) atoms. The molecule has 0 saturated carbocycles. The smallest absolute Gasteiger partial charge is 0.293 e. The predicted octanol–water partition coefficient (Wildman–Crippen LogP) is 4.01. The summed E-state index contributed by atoms with van der Waals surface area (Å²) in [6.07, 6.45) is 1.60. The van der Waals surface area contributed by atoms with Crippen molar-refractivity contribution in [1.82, 2.24) is 4.90 Å². The van der Waals surface area contributed by atoms with E-state index in [0.29, 0.717) is 16.4 Å². The van der Waals surface area contributed by atoms with Gasteiger partial charge in [-0.25, -0.2) is 0 Å². The zero-order valence-electron chi connectivity index (χ0n) is 13.4. The minimum atomic E-state index is -0.313. The number of aryl methyl sites for hydroxylation is 2. The molecule has 0 aliphatic carbocycles. The lowest BCUT2D eigenvalue weighted by molar-refractivity contribution is -0.123. The van der Waals surface area contributed by atoms with E-state index < -0.39 is 0 Å². The second kappa shape index (κ2) is 6.97. The SMILES string of the molecule is Cc1ccc(OCCN2C(=O)S/C(=C/c3ccc(C)o3)C2=O)cc1. The Morgan fingerprint density at radius 1 is 1.12 bits per heavy atom. The third kappa shape index (κ3) is 3.71. The van der Waals surface area contributed by atoms with Crippen LogP contribution in [0, 0.1) is 13.8 Å². The maximum Gasteiger partial charge on any atom is 0.293 e. The van der Waals surface area contributed by atoms with Crippen LogP contribution in [0.5, 0.6) is 5.75 Å². The highest BCUT2D eigenvalue weighted by atomic mass is 32.2. The number of amides is 2. The number of hydrogen-bond donors (Lipinski definition) is 0. The highest BCUT2D eigenvalue weighted by Crippen LogP contribution is 2.32. The number of ether oxygens (including phenoxy) is 1. The van der Waals surface area contributed by atoms with Gasteiger partial charge in [-0.15, -0.1) is 0 Å². The van der Waals surface area contributed by atoms with Crippen molar-refractivity contribution in [3.63, 3.8) is 0 Å². The Balaban J connectivity index is 1.60. The number of thioether (sulfide) groups is 1. The zero-order valence-corrected chi connectivity index (χ0v) is 14.3. The first-order valence-corrected chi connectivity index (χ1v) is 8.36. The zero-order chi connectivity index (χ0) is 17.1. The van der Waals surface area contributed by atoms with E-state index in [1.54, 1.807) is 12.1 Å². The first-order valence-electron chi connectivity index (χ1n) is 7.54. The standard InChI is InChI=1S/C18H17NO4S/c1-12-3-6-14(7-4-12)22-10-9-19-17(20)16(24-18(19)21)11-15-8-5-13(2)23-15/h3-8,11H,9-10H2,1-2H3/b16-11+. The van der Waals surface area contributed by atoms with E-state index in [4.69, 9.17) is 9.15 Å². The van der Waals surface area contributed by atoms with Crippen LogP contribution in [0.2, 0.25) is 0 Å². The summed E-state index contributed by atoms with van der Waals surface area (Å²) in [5.74, 6) is 1.72. The monoisotopic (exact) mass is 343 g/mol. The molecule has 6 heteroatoms. The van der Waals surface area contributed by atoms with Crippen LogP contribution in [-0.4, -0.2) is 29.2 Å². The molecule has 2 aromatic rings. The number of nitrogens with zero attached hydrogens (tertiary/aromatic N) is 1. The molecule has 1 fully saturated rings. The molecule has 1 saturated heterocycles. The van der Waals surface area contributed by atoms with Gasteiger partial charge in [0.15, 0.2) is 0 Å². The van der Waals surface area contributed by atoms with Crippen molar-refractivity contribution in [3.8, 4) is 5.75 Å². The lowest BCUT2D eigenvalue weighted by atomic mass is 10.2. The Hall–Kier alpha value is -2.47. The normalized spacial score (nSPS) is 16.2. The van der Waals surface area contributed by atoms with Crippen molar-refractivity contribution in [1.29, 1.82) is 0 Å². The van der Waals surface area contributed by atoms with E-state index in [-0.39, 0.29) is 24.3 Å². The van der Waals surface area contributed by atoms with Crippen LogP contribution in [0.25, 0.3) is 6.08 Å². The highest BCUT2D eigenvalue weighted by molar-refractivity contribution is 8.18. The highest BCUT2D eigenvalue weighted by Gasteiger charge is 2.35. The second-order valence-electron chi connectivity index (χ2n) is 5.44. The number of carbonyl (C=O) groups excluding carboxylic acids is 2. The molecule has 0 spiro atoms. The van der Waals surface area contributed by atoms with Crippen molar-refractivity contribution in [3.05, 3.63) is 58.4 Å². The van der Waals surface area contributed by atoms with Crippen molar-refractivity contribution < 1.29 is 18.7 Å². The fourth-order valence-electron chi connectivity index (χ4n) is 2.24. The molecular weight excluding hydrogens is 326 g/mol. The molecule has 124 valence electrons. The average Bonchev–Trinajstić information content (AvgIpc) is 3.07. The van der Waals surface area contributed by atoms with Gasteiger partial charge in [0.25, 0.3) is 11.1 Å². The summed E-state index contributed by atoms with van der Waals surface area (Å²) in [7, 11) is 0. The summed E-state index contributed by atoms with van der Waals surface area (Å²) in [6.45, 7) is 4.30. The third-order valence-corrected chi connectivity index (χ3v) is 4.42. The largest absolute Gasteiger partial charge is 0.492 e. The predicted molar refractivity (Wildman–Crippen MR) is 92.8 cm³/mol. The lowest BCUT2D eigenvalue weighted by Crippen LogP contribution is -2.32. The average molecular weight is 343 g/mol. The van der Waals surface area contributed by atoms with Crippen molar-refractivity contribution in [2.45, 2.75) is 13.8 Å². The number of benzene rings is 1. The first kappa shape index (κ1) is 16.4. The molecule has 1 aromatic carbocycles. The Morgan fingerprint density at radius 3 is 2.54 bits per heavy atom. The van der Waals surface area contributed by atoms with E-state index in [1.807, 2.05) is 44.2 Å². The summed E-state index contributed by atoms with van der Waals surface area (Å²) in [6, 6.07) is 11.2. The number of carbonyl (C=O) groups is 2. The van der Waals surface area contributed by atoms with E-state index in [9.17, 15) is 9.59 Å². The fraction of sp³-hybridized carbons (Fsp3) is 0.222. The Morgan fingerprint density at radius 2 is 1.88 bits per heavy atom. The quantitative estimate of drug-likeness (QED) is 0.768. The van der Waals surface area contributed by atoms with Gasteiger partial charge >= 0.3 is 0 Å². The second-order valence-corrected chi connectivity index (χ2v) is 6.44. The van der Waals surface area contributed by atoms with Crippen molar-refractivity contribution in [2.24, 2.45) is 0 Å². The summed E-state index contributed by atoms with van der Waals surface area (Å²) >= 11 is 0.917. The minimum Gasteiger partial charge on any atom is -0.492 e. The Labute approximate surface area is 144 Å². The van der Waals surface area contributed by atoms with E-state index in [1.165, 1.54) is 4.90 Å². The molecule has 2 amide bonds. The van der Waals surface area contributed by atoms with E-state index in [2.05, 4.69) is 0 Å². The molecule has 5 nitrogen and oxygen atoms in total.